The summed E-state index contributed by atoms with van der Waals surface area (Å²) in [6.07, 6.45) is 1.36. The molecule has 1 aliphatic heterocycles. The summed E-state index contributed by atoms with van der Waals surface area (Å²) in [6.45, 7) is 8.25. The highest BCUT2D eigenvalue weighted by Gasteiger charge is 2.34. The van der Waals surface area contributed by atoms with Crippen LogP contribution in [0.3, 0.4) is 0 Å². The average Bonchev–Trinajstić information content (AvgIpc) is 3.02. The van der Waals surface area contributed by atoms with Crippen molar-refractivity contribution in [3.8, 4) is 0 Å². The molecule has 0 aromatic heterocycles. The van der Waals surface area contributed by atoms with E-state index >= 15 is 0 Å². The number of carbonyl (C=O) groups is 2. The fourth-order valence-electron chi connectivity index (χ4n) is 3.39. The van der Waals surface area contributed by atoms with Gasteiger partial charge in [0.1, 0.15) is 5.37 Å². The Balaban J connectivity index is 1.79. The van der Waals surface area contributed by atoms with Gasteiger partial charge in [-0.05, 0) is 41.2 Å². The number of amides is 2. The molecule has 0 spiro atoms. The number of thioether (sulfide) groups is 1. The number of carbonyl (C=O) groups excluding carboxylic acids is 2. The second-order valence-electron chi connectivity index (χ2n) is 8.32. The maximum Gasteiger partial charge on any atom is 0.238 e. The predicted molar refractivity (Wildman–Crippen MR) is 118 cm³/mol. The van der Waals surface area contributed by atoms with Gasteiger partial charge in [-0.2, -0.15) is 0 Å². The third kappa shape index (κ3) is 4.76. The standard InChI is InChI=1S/C23H28N2O2S/c1-5-16-8-6-7-9-19(16)25-21(27)15-28-22(25)17-10-12-18(13-11-17)24-20(26)14-23(2,3)4/h6-13,22H,5,14-15H2,1-4H3,(H,24,26). The van der Waals surface area contributed by atoms with E-state index in [9.17, 15) is 9.59 Å². The molecule has 148 valence electrons. The molecule has 1 N–H and O–H groups in total. The van der Waals surface area contributed by atoms with E-state index in [0.29, 0.717) is 12.2 Å². The number of hydrogen-bond acceptors (Lipinski definition) is 3. The summed E-state index contributed by atoms with van der Waals surface area (Å²) in [5.41, 5.74) is 3.98. The molecule has 1 unspecified atom stereocenters. The molecule has 3 rings (SSSR count). The normalized spacial score (nSPS) is 17.1. The maximum absolute atomic E-state index is 12.6. The van der Waals surface area contributed by atoms with Gasteiger partial charge in [0.25, 0.3) is 0 Å². The second-order valence-corrected chi connectivity index (χ2v) is 9.39. The van der Waals surface area contributed by atoms with Gasteiger partial charge in [0, 0.05) is 17.8 Å². The van der Waals surface area contributed by atoms with Crippen LogP contribution in [0.2, 0.25) is 0 Å². The maximum atomic E-state index is 12.6. The van der Waals surface area contributed by atoms with Gasteiger partial charge < -0.3 is 5.32 Å². The number of nitrogens with one attached hydrogen (secondary N) is 1. The number of hydrogen-bond donors (Lipinski definition) is 1. The van der Waals surface area contributed by atoms with Gasteiger partial charge in [-0.3, -0.25) is 14.5 Å². The SMILES string of the molecule is CCc1ccccc1N1C(=O)CSC1c1ccc(NC(=O)CC(C)(C)C)cc1. The highest BCUT2D eigenvalue weighted by molar-refractivity contribution is 8.00. The van der Waals surface area contributed by atoms with Crippen LogP contribution in [0.1, 0.15) is 50.6 Å². The molecule has 0 radical (unpaired) electrons. The zero-order chi connectivity index (χ0) is 20.3. The van der Waals surface area contributed by atoms with E-state index in [1.807, 2.05) is 68.1 Å². The minimum absolute atomic E-state index is 0.0177. The van der Waals surface area contributed by atoms with Crippen LogP contribution in [0.5, 0.6) is 0 Å². The second kappa shape index (κ2) is 8.39. The molecule has 1 fully saturated rings. The monoisotopic (exact) mass is 396 g/mol. The van der Waals surface area contributed by atoms with Crippen LogP contribution in [0.4, 0.5) is 11.4 Å². The number of aryl methyl sites for hydroxylation is 1. The van der Waals surface area contributed by atoms with Crippen molar-refractivity contribution < 1.29 is 9.59 Å². The zero-order valence-electron chi connectivity index (χ0n) is 17.0. The summed E-state index contributed by atoms with van der Waals surface area (Å²) in [7, 11) is 0. The van der Waals surface area contributed by atoms with Crippen molar-refractivity contribution in [1.82, 2.24) is 0 Å². The molecule has 0 saturated carbocycles. The largest absolute Gasteiger partial charge is 0.326 e. The highest BCUT2D eigenvalue weighted by atomic mass is 32.2. The number of rotatable bonds is 5. The molecule has 4 nitrogen and oxygen atoms in total. The molecule has 2 amide bonds. The van der Waals surface area contributed by atoms with Crippen molar-refractivity contribution in [3.63, 3.8) is 0 Å². The predicted octanol–water partition coefficient (Wildman–Crippen LogP) is 5.40. The zero-order valence-corrected chi connectivity index (χ0v) is 17.8. The van der Waals surface area contributed by atoms with E-state index in [0.717, 1.165) is 23.4 Å². The van der Waals surface area contributed by atoms with Crippen LogP contribution in [0, 0.1) is 5.41 Å². The summed E-state index contributed by atoms with van der Waals surface area (Å²) >= 11 is 1.64. The fraction of sp³-hybridized carbons (Fsp3) is 0.391. The van der Waals surface area contributed by atoms with Crippen LogP contribution in [0.25, 0.3) is 0 Å². The first kappa shape index (κ1) is 20.5. The Morgan fingerprint density at radius 2 is 1.82 bits per heavy atom. The molecular formula is C23H28N2O2S. The summed E-state index contributed by atoms with van der Waals surface area (Å²) in [6, 6.07) is 15.9. The van der Waals surface area contributed by atoms with Crippen LogP contribution in [0.15, 0.2) is 48.5 Å². The van der Waals surface area contributed by atoms with E-state index in [2.05, 4.69) is 18.3 Å². The van der Waals surface area contributed by atoms with Gasteiger partial charge in [0.2, 0.25) is 11.8 Å². The van der Waals surface area contributed by atoms with Crippen molar-refractivity contribution in [1.29, 1.82) is 0 Å². The highest BCUT2D eigenvalue weighted by Crippen LogP contribution is 2.43. The summed E-state index contributed by atoms with van der Waals surface area (Å²) in [4.78, 5) is 26.7. The van der Waals surface area contributed by atoms with Gasteiger partial charge >= 0.3 is 0 Å². The molecule has 2 aromatic carbocycles. The number of nitrogens with zero attached hydrogens (tertiary/aromatic N) is 1. The molecule has 0 bridgehead atoms. The van der Waals surface area contributed by atoms with E-state index in [4.69, 9.17) is 0 Å². The lowest BCUT2D eigenvalue weighted by Crippen LogP contribution is -2.28. The van der Waals surface area contributed by atoms with E-state index in [-0.39, 0.29) is 22.6 Å². The van der Waals surface area contributed by atoms with Crippen LogP contribution in [-0.4, -0.2) is 17.6 Å². The van der Waals surface area contributed by atoms with Crippen molar-refractivity contribution in [2.24, 2.45) is 5.41 Å². The van der Waals surface area contributed by atoms with E-state index < -0.39 is 0 Å². The minimum Gasteiger partial charge on any atom is -0.326 e. The third-order valence-corrected chi connectivity index (χ3v) is 5.88. The molecule has 2 aromatic rings. The number of para-hydroxylation sites is 1. The molecule has 1 atom stereocenters. The Labute approximate surface area is 171 Å². The topological polar surface area (TPSA) is 49.4 Å². The van der Waals surface area contributed by atoms with Gasteiger partial charge in [-0.1, -0.05) is 58.0 Å². The Morgan fingerprint density at radius 3 is 2.46 bits per heavy atom. The summed E-state index contributed by atoms with van der Waals surface area (Å²) in [5, 5.41) is 2.92. The van der Waals surface area contributed by atoms with Gasteiger partial charge in [-0.25, -0.2) is 0 Å². The molecular weight excluding hydrogens is 368 g/mol. The first-order chi connectivity index (χ1) is 13.3. The third-order valence-electron chi connectivity index (χ3n) is 4.67. The Morgan fingerprint density at radius 1 is 1.14 bits per heavy atom. The van der Waals surface area contributed by atoms with Gasteiger partial charge in [0.15, 0.2) is 0 Å². The molecule has 5 heteroatoms. The Kier molecular flexibility index (Phi) is 6.14. The number of anilines is 2. The molecule has 1 aliphatic rings. The first-order valence-electron chi connectivity index (χ1n) is 9.70. The first-order valence-corrected chi connectivity index (χ1v) is 10.7. The summed E-state index contributed by atoms with van der Waals surface area (Å²) < 4.78 is 0. The Hall–Kier alpha value is -2.27. The lowest BCUT2D eigenvalue weighted by atomic mass is 9.92. The summed E-state index contributed by atoms with van der Waals surface area (Å²) in [5.74, 6) is 0.634. The molecule has 28 heavy (non-hydrogen) atoms. The van der Waals surface area contributed by atoms with Crippen LogP contribution in [-0.2, 0) is 16.0 Å². The van der Waals surface area contributed by atoms with Crippen molar-refractivity contribution >= 4 is 35.0 Å². The van der Waals surface area contributed by atoms with Crippen LogP contribution >= 0.6 is 11.8 Å². The van der Waals surface area contributed by atoms with Crippen molar-refractivity contribution in [2.75, 3.05) is 16.0 Å². The van der Waals surface area contributed by atoms with Crippen molar-refractivity contribution in [2.45, 2.75) is 45.9 Å². The van der Waals surface area contributed by atoms with Gasteiger partial charge in [0.05, 0.1) is 5.75 Å². The van der Waals surface area contributed by atoms with E-state index in [1.54, 1.807) is 11.8 Å². The molecule has 1 saturated heterocycles. The number of benzene rings is 2. The smallest absolute Gasteiger partial charge is 0.238 e. The minimum atomic E-state index is -0.0436. The lowest BCUT2D eigenvalue weighted by Gasteiger charge is -2.26. The molecule has 1 heterocycles. The lowest BCUT2D eigenvalue weighted by molar-refractivity contribution is -0.118. The molecule has 0 aliphatic carbocycles. The van der Waals surface area contributed by atoms with E-state index in [1.165, 1.54) is 5.56 Å². The van der Waals surface area contributed by atoms with Crippen LogP contribution < -0.4 is 10.2 Å². The quantitative estimate of drug-likeness (QED) is 0.736. The fourth-order valence-corrected chi connectivity index (χ4v) is 4.56. The average molecular weight is 397 g/mol. The Bertz CT molecular complexity index is 856. The van der Waals surface area contributed by atoms with Gasteiger partial charge in [-0.15, -0.1) is 11.8 Å². The van der Waals surface area contributed by atoms with Crippen molar-refractivity contribution in [3.05, 3.63) is 59.7 Å².